The van der Waals surface area contributed by atoms with E-state index < -0.39 is 0 Å². The number of carbonyl (C=O) groups is 1. The van der Waals surface area contributed by atoms with E-state index in [0.29, 0.717) is 18.8 Å². The maximum Gasteiger partial charge on any atom is 0.269 e. The molecule has 0 aliphatic carbocycles. The Labute approximate surface area is 131 Å². The van der Waals surface area contributed by atoms with E-state index >= 15 is 0 Å². The quantitative estimate of drug-likeness (QED) is 0.833. The van der Waals surface area contributed by atoms with Crippen molar-refractivity contribution in [2.45, 2.75) is 27.2 Å². The molecule has 1 N–H and O–H groups in total. The normalized spacial score (nSPS) is 10.3. The molecule has 0 saturated carbocycles. The molecule has 0 atom stereocenters. The zero-order valence-electron chi connectivity index (χ0n) is 13.3. The van der Waals surface area contributed by atoms with Crippen LogP contribution in [0.5, 0.6) is 5.75 Å². The monoisotopic (exact) mass is 298 g/mol. The summed E-state index contributed by atoms with van der Waals surface area (Å²) in [4.78, 5) is 15.8. The molecule has 4 heteroatoms. The number of hydrogen-bond acceptors (Lipinski definition) is 3. The van der Waals surface area contributed by atoms with Crippen molar-refractivity contribution in [3.8, 4) is 5.75 Å². The topological polar surface area (TPSA) is 51.2 Å². The highest BCUT2D eigenvalue weighted by Crippen LogP contribution is 2.23. The highest BCUT2D eigenvalue weighted by atomic mass is 16.5. The van der Waals surface area contributed by atoms with Crippen molar-refractivity contribution in [2.24, 2.45) is 0 Å². The molecule has 116 valence electrons. The van der Waals surface area contributed by atoms with Gasteiger partial charge in [-0.3, -0.25) is 9.78 Å². The Kier molecular flexibility index (Phi) is 5.53. The average Bonchev–Trinajstić information content (AvgIpc) is 2.52. The number of aromatic nitrogens is 1. The summed E-state index contributed by atoms with van der Waals surface area (Å²) < 4.78 is 5.82. The molecule has 0 spiro atoms. The summed E-state index contributed by atoms with van der Waals surface area (Å²) in [6.45, 7) is 7.35. The molecule has 2 aromatic rings. The van der Waals surface area contributed by atoms with Gasteiger partial charge in [-0.15, -0.1) is 0 Å². The summed E-state index contributed by atoms with van der Waals surface area (Å²) >= 11 is 0. The molecule has 0 unspecified atom stereocenters. The number of rotatable bonds is 6. The van der Waals surface area contributed by atoms with Crippen LogP contribution in [0.25, 0.3) is 0 Å². The molecule has 0 saturated heterocycles. The zero-order chi connectivity index (χ0) is 15.9. The predicted octanol–water partition coefficient (Wildman–Crippen LogP) is 3.21. The van der Waals surface area contributed by atoms with Gasteiger partial charge in [0.1, 0.15) is 11.4 Å². The maximum atomic E-state index is 11.8. The molecule has 0 aliphatic rings. The molecule has 4 nitrogen and oxygen atoms in total. The van der Waals surface area contributed by atoms with Crippen LogP contribution in [-0.4, -0.2) is 24.0 Å². The van der Waals surface area contributed by atoms with Crippen molar-refractivity contribution in [3.63, 3.8) is 0 Å². The first kappa shape index (κ1) is 16.0. The Morgan fingerprint density at radius 2 is 2.05 bits per heavy atom. The lowest BCUT2D eigenvalue weighted by atomic mass is 10.1. The minimum atomic E-state index is -0.150. The summed E-state index contributed by atoms with van der Waals surface area (Å²) in [7, 11) is 0. The van der Waals surface area contributed by atoms with Gasteiger partial charge >= 0.3 is 0 Å². The molecule has 1 aromatic carbocycles. The van der Waals surface area contributed by atoms with E-state index in [9.17, 15) is 4.79 Å². The van der Waals surface area contributed by atoms with Gasteiger partial charge in [0.05, 0.1) is 6.61 Å². The van der Waals surface area contributed by atoms with Gasteiger partial charge in [-0.25, -0.2) is 0 Å². The lowest BCUT2D eigenvalue weighted by molar-refractivity contribution is 0.0946. The van der Waals surface area contributed by atoms with Gasteiger partial charge in [-0.1, -0.05) is 12.1 Å². The molecule has 1 heterocycles. The van der Waals surface area contributed by atoms with Crippen molar-refractivity contribution < 1.29 is 9.53 Å². The fourth-order valence-corrected chi connectivity index (χ4v) is 2.19. The third kappa shape index (κ3) is 4.32. The lowest BCUT2D eigenvalue weighted by Gasteiger charge is -2.12. The van der Waals surface area contributed by atoms with Gasteiger partial charge in [0.2, 0.25) is 0 Å². The zero-order valence-corrected chi connectivity index (χ0v) is 13.3. The first-order valence-electron chi connectivity index (χ1n) is 7.48. The van der Waals surface area contributed by atoms with Gasteiger partial charge in [0.15, 0.2) is 0 Å². The van der Waals surface area contributed by atoms with Crippen LogP contribution in [-0.2, 0) is 0 Å². The Morgan fingerprint density at radius 3 is 2.77 bits per heavy atom. The number of aryl methyl sites for hydroxylation is 2. The van der Waals surface area contributed by atoms with Crippen LogP contribution >= 0.6 is 0 Å². The van der Waals surface area contributed by atoms with Gasteiger partial charge in [-0.05, 0) is 62.1 Å². The second kappa shape index (κ2) is 7.59. The van der Waals surface area contributed by atoms with E-state index in [2.05, 4.69) is 43.2 Å². The van der Waals surface area contributed by atoms with Crippen molar-refractivity contribution in [1.82, 2.24) is 10.3 Å². The largest absolute Gasteiger partial charge is 0.493 e. The van der Waals surface area contributed by atoms with Crippen LogP contribution in [0, 0.1) is 20.8 Å². The highest BCUT2D eigenvalue weighted by Gasteiger charge is 2.06. The van der Waals surface area contributed by atoms with Gasteiger partial charge in [0.25, 0.3) is 5.91 Å². The van der Waals surface area contributed by atoms with Gasteiger partial charge in [0, 0.05) is 12.7 Å². The minimum absolute atomic E-state index is 0.150. The Bertz CT molecular complexity index is 639. The Balaban J connectivity index is 1.75. The molecule has 1 aromatic heterocycles. The number of hydrogen-bond donors (Lipinski definition) is 1. The summed E-state index contributed by atoms with van der Waals surface area (Å²) in [6, 6.07) is 9.49. The molecule has 0 radical (unpaired) electrons. The van der Waals surface area contributed by atoms with E-state index in [-0.39, 0.29) is 5.91 Å². The molecule has 0 bridgehead atoms. The molecule has 22 heavy (non-hydrogen) atoms. The van der Waals surface area contributed by atoms with Crippen LogP contribution in [0.15, 0.2) is 36.5 Å². The summed E-state index contributed by atoms with van der Waals surface area (Å²) in [5.41, 5.74) is 4.04. The molecule has 2 rings (SSSR count). The average molecular weight is 298 g/mol. The molecule has 0 fully saturated rings. The number of nitrogens with zero attached hydrogens (tertiary/aromatic N) is 1. The standard InChI is InChI=1S/C18H22N2O2/c1-13-11-14(2)15(3)17(12-13)22-10-6-9-20-18(21)16-7-4-5-8-19-16/h4-5,7-8,11-12H,6,9-10H2,1-3H3,(H,20,21). The fraction of sp³-hybridized carbons (Fsp3) is 0.333. The Morgan fingerprint density at radius 1 is 1.23 bits per heavy atom. The van der Waals surface area contributed by atoms with E-state index in [1.54, 1.807) is 24.4 Å². The number of benzene rings is 1. The Hall–Kier alpha value is -2.36. The first-order valence-corrected chi connectivity index (χ1v) is 7.48. The second-order valence-electron chi connectivity index (χ2n) is 5.38. The smallest absolute Gasteiger partial charge is 0.269 e. The minimum Gasteiger partial charge on any atom is -0.493 e. The van der Waals surface area contributed by atoms with Gasteiger partial charge < -0.3 is 10.1 Å². The number of nitrogens with one attached hydrogen (secondary N) is 1. The second-order valence-corrected chi connectivity index (χ2v) is 5.38. The maximum absolute atomic E-state index is 11.8. The predicted molar refractivity (Wildman–Crippen MR) is 87.3 cm³/mol. The number of ether oxygens (including phenoxy) is 1. The van der Waals surface area contributed by atoms with Crippen LogP contribution in [0.1, 0.15) is 33.6 Å². The molecule has 1 amide bonds. The van der Waals surface area contributed by atoms with E-state index in [1.165, 1.54) is 16.7 Å². The third-order valence-corrected chi connectivity index (χ3v) is 3.53. The van der Waals surface area contributed by atoms with Crippen LogP contribution in [0.3, 0.4) is 0 Å². The van der Waals surface area contributed by atoms with E-state index in [0.717, 1.165) is 12.2 Å². The summed E-state index contributed by atoms with van der Waals surface area (Å²) in [5, 5.41) is 2.84. The van der Waals surface area contributed by atoms with E-state index in [4.69, 9.17) is 4.74 Å². The van der Waals surface area contributed by atoms with Crippen LogP contribution in [0.2, 0.25) is 0 Å². The van der Waals surface area contributed by atoms with Crippen molar-refractivity contribution >= 4 is 5.91 Å². The lowest BCUT2D eigenvalue weighted by Crippen LogP contribution is -2.26. The molecular formula is C18H22N2O2. The number of carbonyl (C=O) groups excluding carboxylic acids is 1. The van der Waals surface area contributed by atoms with Crippen LogP contribution in [0.4, 0.5) is 0 Å². The number of pyridine rings is 1. The van der Waals surface area contributed by atoms with Crippen LogP contribution < -0.4 is 10.1 Å². The van der Waals surface area contributed by atoms with Crippen molar-refractivity contribution in [1.29, 1.82) is 0 Å². The molecular weight excluding hydrogens is 276 g/mol. The first-order chi connectivity index (χ1) is 10.6. The van der Waals surface area contributed by atoms with Gasteiger partial charge in [-0.2, -0.15) is 0 Å². The SMILES string of the molecule is Cc1cc(C)c(C)c(OCCCNC(=O)c2ccccn2)c1. The summed E-state index contributed by atoms with van der Waals surface area (Å²) in [6.07, 6.45) is 2.37. The molecule has 0 aliphatic heterocycles. The van der Waals surface area contributed by atoms with Crippen molar-refractivity contribution in [2.75, 3.05) is 13.2 Å². The number of amides is 1. The third-order valence-electron chi connectivity index (χ3n) is 3.53. The van der Waals surface area contributed by atoms with Crippen molar-refractivity contribution in [3.05, 3.63) is 58.9 Å². The van der Waals surface area contributed by atoms with E-state index in [1.807, 2.05) is 0 Å². The summed E-state index contributed by atoms with van der Waals surface area (Å²) in [5.74, 6) is 0.775. The fourth-order valence-electron chi connectivity index (χ4n) is 2.19. The highest BCUT2D eigenvalue weighted by molar-refractivity contribution is 5.92.